The fraction of sp³-hybridized carbons (Fsp3) is 0.188. The molecule has 0 fully saturated rings. The second kappa shape index (κ2) is 6.89. The van der Waals surface area contributed by atoms with Crippen molar-refractivity contribution in [2.24, 2.45) is 0 Å². The predicted octanol–water partition coefficient (Wildman–Crippen LogP) is 2.49. The van der Waals surface area contributed by atoms with E-state index in [2.05, 4.69) is 0 Å². The summed E-state index contributed by atoms with van der Waals surface area (Å²) in [6.45, 7) is 2.34. The SMILES string of the molecule is Cc1ccccc1N(CC(=O)O)S(=O)(=O)c1ccc(C)c([N+](=O)[O-])c1. The Labute approximate surface area is 144 Å². The molecule has 2 aromatic rings. The highest BCUT2D eigenvalue weighted by Crippen LogP contribution is 2.29. The van der Waals surface area contributed by atoms with E-state index in [0.29, 0.717) is 11.1 Å². The molecule has 132 valence electrons. The Balaban J connectivity index is 2.64. The molecule has 0 aliphatic rings. The smallest absolute Gasteiger partial charge is 0.324 e. The first-order valence-electron chi connectivity index (χ1n) is 7.20. The quantitative estimate of drug-likeness (QED) is 0.621. The van der Waals surface area contributed by atoms with Gasteiger partial charge in [0.1, 0.15) is 6.54 Å². The molecule has 0 spiro atoms. The molecule has 0 aliphatic heterocycles. The minimum Gasteiger partial charge on any atom is -0.480 e. The van der Waals surface area contributed by atoms with Crippen molar-refractivity contribution < 1.29 is 23.2 Å². The third-order valence-corrected chi connectivity index (χ3v) is 5.38. The molecule has 25 heavy (non-hydrogen) atoms. The summed E-state index contributed by atoms with van der Waals surface area (Å²) in [6.07, 6.45) is 0. The van der Waals surface area contributed by atoms with Gasteiger partial charge in [-0.1, -0.05) is 24.3 Å². The van der Waals surface area contributed by atoms with E-state index in [0.717, 1.165) is 10.4 Å². The van der Waals surface area contributed by atoms with E-state index < -0.39 is 27.5 Å². The number of aryl methyl sites for hydroxylation is 2. The number of rotatable bonds is 6. The number of hydrogen-bond donors (Lipinski definition) is 1. The van der Waals surface area contributed by atoms with Crippen LogP contribution in [0.2, 0.25) is 0 Å². The number of nitro groups is 1. The van der Waals surface area contributed by atoms with Crippen LogP contribution in [0.5, 0.6) is 0 Å². The van der Waals surface area contributed by atoms with Crippen molar-refractivity contribution in [3.63, 3.8) is 0 Å². The number of anilines is 1. The van der Waals surface area contributed by atoms with Gasteiger partial charge in [-0.15, -0.1) is 0 Å². The summed E-state index contributed by atoms with van der Waals surface area (Å²) in [5, 5.41) is 20.2. The number of hydrogen-bond acceptors (Lipinski definition) is 5. The van der Waals surface area contributed by atoms with Gasteiger partial charge >= 0.3 is 5.97 Å². The molecule has 0 heterocycles. The maximum absolute atomic E-state index is 12.9. The molecule has 0 saturated carbocycles. The Hall–Kier alpha value is -2.94. The molecule has 1 N–H and O–H groups in total. The van der Waals surface area contributed by atoms with E-state index in [-0.39, 0.29) is 16.3 Å². The number of sulfonamides is 1. The third kappa shape index (κ3) is 3.77. The topological polar surface area (TPSA) is 118 Å². The summed E-state index contributed by atoms with van der Waals surface area (Å²) in [4.78, 5) is 21.2. The van der Waals surface area contributed by atoms with Gasteiger partial charge in [0.15, 0.2) is 0 Å². The van der Waals surface area contributed by atoms with Gasteiger partial charge in [0.25, 0.3) is 15.7 Å². The number of benzene rings is 2. The van der Waals surface area contributed by atoms with Gasteiger partial charge in [0.2, 0.25) is 0 Å². The Kier molecular flexibility index (Phi) is 5.07. The summed E-state index contributed by atoms with van der Waals surface area (Å²) >= 11 is 0. The zero-order valence-electron chi connectivity index (χ0n) is 13.5. The highest BCUT2D eigenvalue weighted by Gasteiger charge is 2.29. The van der Waals surface area contributed by atoms with E-state index in [1.807, 2.05) is 0 Å². The normalized spacial score (nSPS) is 11.1. The lowest BCUT2D eigenvalue weighted by atomic mass is 10.2. The van der Waals surface area contributed by atoms with Crippen LogP contribution in [-0.2, 0) is 14.8 Å². The van der Waals surface area contributed by atoms with Gasteiger partial charge in [-0.25, -0.2) is 8.42 Å². The lowest BCUT2D eigenvalue weighted by molar-refractivity contribution is -0.385. The van der Waals surface area contributed by atoms with Gasteiger partial charge in [0, 0.05) is 11.6 Å². The van der Waals surface area contributed by atoms with E-state index in [4.69, 9.17) is 5.11 Å². The Morgan fingerprint density at radius 1 is 1.16 bits per heavy atom. The minimum absolute atomic E-state index is 0.202. The van der Waals surface area contributed by atoms with Crippen molar-refractivity contribution in [1.82, 2.24) is 0 Å². The maximum atomic E-state index is 12.9. The predicted molar refractivity (Wildman–Crippen MR) is 91.2 cm³/mol. The zero-order chi connectivity index (χ0) is 18.8. The average molecular weight is 364 g/mol. The second-order valence-corrected chi connectivity index (χ2v) is 7.26. The molecule has 2 aromatic carbocycles. The fourth-order valence-electron chi connectivity index (χ4n) is 2.34. The molecule has 0 saturated heterocycles. The number of carbonyl (C=O) groups is 1. The first-order chi connectivity index (χ1) is 11.6. The first kappa shape index (κ1) is 18.4. The lowest BCUT2D eigenvalue weighted by Gasteiger charge is -2.24. The second-order valence-electron chi connectivity index (χ2n) is 5.40. The molecule has 0 aromatic heterocycles. The van der Waals surface area contributed by atoms with Crippen molar-refractivity contribution in [3.8, 4) is 0 Å². The van der Waals surface area contributed by atoms with E-state index >= 15 is 0 Å². The molecule has 8 nitrogen and oxygen atoms in total. The number of carboxylic acids is 1. The standard InChI is InChI=1S/C16H16N2O6S/c1-11-5-3-4-6-14(11)17(10-16(19)20)25(23,24)13-8-7-12(2)15(9-13)18(21)22/h3-9H,10H2,1-2H3,(H,19,20). The van der Waals surface area contributed by atoms with E-state index in [9.17, 15) is 23.3 Å². The molecular weight excluding hydrogens is 348 g/mol. The first-order valence-corrected chi connectivity index (χ1v) is 8.64. The van der Waals surface area contributed by atoms with Crippen molar-refractivity contribution in [2.75, 3.05) is 10.8 Å². The third-order valence-electron chi connectivity index (χ3n) is 3.63. The number of nitro benzene ring substituents is 1. The monoisotopic (exact) mass is 364 g/mol. The number of carboxylic acid groups (broad SMARTS) is 1. The van der Waals surface area contributed by atoms with Crippen LogP contribution in [0, 0.1) is 24.0 Å². The van der Waals surface area contributed by atoms with Crippen LogP contribution in [0.4, 0.5) is 11.4 Å². The van der Waals surface area contributed by atoms with Crippen LogP contribution < -0.4 is 4.31 Å². The summed E-state index contributed by atoms with van der Waals surface area (Å²) in [5.74, 6) is -1.34. The fourth-order valence-corrected chi connectivity index (χ4v) is 3.84. The van der Waals surface area contributed by atoms with Crippen LogP contribution in [0.25, 0.3) is 0 Å². The summed E-state index contributed by atoms with van der Waals surface area (Å²) in [6, 6.07) is 9.91. The lowest BCUT2D eigenvalue weighted by Crippen LogP contribution is -2.36. The van der Waals surface area contributed by atoms with E-state index in [1.54, 1.807) is 25.1 Å². The molecule has 2 rings (SSSR count). The number of aliphatic carboxylic acids is 1. The molecule has 0 amide bonds. The van der Waals surface area contributed by atoms with Crippen molar-refractivity contribution in [3.05, 3.63) is 63.7 Å². The Morgan fingerprint density at radius 2 is 1.80 bits per heavy atom. The molecule has 0 aliphatic carbocycles. The van der Waals surface area contributed by atoms with Crippen molar-refractivity contribution in [2.45, 2.75) is 18.7 Å². The van der Waals surface area contributed by atoms with Gasteiger partial charge in [-0.05, 0) is 31.5 Å². The van der Waals surface area contributed by atoms with E-state index in [1.165, 1.54) is 25.1 Å². The molecule has 0 atom stereocenters. The maximum Gasteiger partial charge on any atom is 0.324 e. The highest BCUT2D eigenvalue weighted by molar-refractivity contribution is 7.92. The number of nitrogens with zero attached hydrogens (tertiary/aromatic N) is 2. The average Bonchev–Trinajstić information content (AvgIpc) is 2.53. The van der Waals surface area contributed by atoms with Gasteiger partial charge in [0.05, 0.1) is 15.5 Å². The highest BCUT2D eigenvalue weighted by atomic mass is 32.2. The van der Waals surface area contributed by atoms with Gasteiger partial charge in [-0.3, -0.25) is 19.2 Å². The minimum atomic E-state index is -4.30. The Bertz CT molecular complexity index is 939. The van der Waals surface area contributed by atoms with Gasteiger partial charge in [-0.2, -0.15) is 0 Å². The van der Waals surface area contributed by atoms with Crippen LogP contribution >= 0.6 is 0 Å². The summed E-state index contributed by atoms with van der Waals surface area (Å²) in [7, 11) is -4.30. The molecular formula is C16H16N2O6S. The summed E-state index contributed by atoms with van der Waals surface area (Å²) in [5.41, 5.74) is 0.729. The van der Waals surface area contributed by atoms with Crippen LogP contribution in [0.1, 0.15) is 11.1 Å². The molecule has 0 unspecified atom stereocenters. The zero-order valence-corrected chi connectivity index (χ0v) is 14.4. The summed E-state index contributed by atoms with van der Waals surface area (Å²) < 4.78 is 26.6. The van der Waals surface area contributed by atoms with Crippen LogP contribution in [0.15, 0.2) is 47.4 Å². The molecule has 9 heteroatoms. The largest absolute Gasteiger partial charge is 0.480 e. The van der Waals surface area contributed by atoms with Crippen LogP contribution in [0.3, 0.4) is 0 Å². The number of para-hydroxylation sites is 1. The molecule has 0 radical (unpaired) electrons. The van der Waals surface area contributed by atoms with Crippen molar-refractivity contribution in [1.29, 1.82) is 0 Å². The van der Waals surface area contributed by atoms with Crippen molar-refractivity contribution >= 4 is 27.4 Å². The van der Waals surface area contributed by atoms with Crippen LogP contribution in [-0.4, -0.2) is 31.0 Å². The van der Waals surface area contributed by atoms with Gasteiger partial charge < -0.3 is 5.11 Å². The molecule has 0 bridgehead atoms. The Morgan fingerprint density at radius 3 is 2.36 bits per heavy atom.